The summed E-state index contributed by atoms with van der Waals surface area (Å²) in [6.45, 7) is 47.7. The minimum absolute atomic E-state index is 0. The van der Waals surface area contributed by atoms with Crippen LogP contribution in [-0.2, 0) is 32.5 Å². The van der Waals surface area contributed by atoms with Crippen LogP contribution in [0.3, 0.4) is 0 Å². The fraction of sp³-hybridized carbons (Fsp3) is 0.435. The number of anilines is 4. The first kappa shape index (κ1) is 109. The SMILES string of the molecule is C.Cc1cc(N2c3ccc(C)cc3C3(C)CCCCC23C)cc(-n2c3ccc(C(C)(C)C)cc3c3cc(C(C)(C)C)ccc32)c1.Cc1cc2c3c(c1)-n1c4ccc(C(C)(C)C)cc4c4cc(C(C)(C)C)cc(c41)B3c1cc(C)cc3c1N2C1(C)CCCCC31C.II(I)I(I)I(I)I(I)I(I)I(I)I(I)I(I)I(I)I(I)I(I)I(I)I(I)I. The van der Waals surface area contributed by atoms with Gasteiger partial charge in [-0.1, -0.05) is 190 Å². The molecule has 118 heavy (non-hydrogen) atoms. The van der Waals surface area contributed by atoms with Gasteiger partial charge in [0.15, 0.2) is 0 Å². The Hall–Kier alpha value is 13.5. The van der Waals surface area contributed by atoms with Gasteiger partial charge >= 0.3 is 382 Å². The maximum absolute atomic E-state index is 3.26. The van der Waals surface area contributed by atoms with Crippen molar-refractivity contribution < 1.29 is 0 Å². The predicted octanol–water partition coefficient (Wildman–Crippen LogP) is 46.1. The Balaban J connectivity index is 0.000000158. The molecule has 2 fully saturated rings. The molecular formula is C85H101BI28N4. The zero-order valence-corrected chi connectivity index (χ0v) is 129. The minimum atomic E-state index is -0.475. The van der Waals surface area contributed by atoms with Gasteiger partial charge in [-0.3, -0.25) is 0 Å². The van der Waals surface area contributed by atoms with E-state index in [2.05, 4.69) is 564 Å². The number of nitrogens with zero attached hydrogens (tertiary/aromatic N) is 4. The second-order valence-corrected chi connectivity index (χ2v) is 670. The fourth-order valence-electron chi connectivity index (χ4n) is 18.9. The standard InChI is InChI=1S/C42H47BN2.C42H50N2.CH4.I28/c1-24-17-30-38-31(18-24)43-32-23-27(40(6,7)8)22-29-28-21-26(39(3,4)5)13-14-33(28)44(37(29)32)34-19-25(2)20-35(36(34)43)45(38)42(10)16-12-11-15-41(30,42)9;1-27-13-16-38-35(23-27)41(9)19-11-12-20-42(41,10)44(38)32-22-28(2)21-31(26-32)43-36-17-14-29(39(3,4)5)24-33(36)34-25-30(40(6,7)8)15-18-37(34)43;;1-16(2)18(5)20(7)22(9)24(11)26(13)28(15)27(14)25(12)23(10)21(8)19(6)17(3)4/h13-14,17-23H,11-12,15-16H2,1-10H3;13-18,21-26H,11-12,19-20H2,1-10H3;1H4;. The summed E-state index contributed by atoms with van der Waals surface area (Å²) in [5, 5.41) is 5.48. The summed E-state index contributed by atoms with van der Waals surface area (Å²) in [6.07, 6.45) is 10.2. The molecule has 4 atom stereocenters. The third-order valence-corrected chi connectivity index (χ3v) is 2010. The molecule has 0 N–H and O–H groups in total. The van der Waals surface area contributed by atoms with Crippen LogP contribution >= 0.6 is 382 Å². The van der Waals surface area contributed by atoms with Crippen molar-refractivity contribution in [1.82, 2.24) is 9.13 Å². The third-order valence-electron chi connectivity index (χ3n) is 25.0. The molecule has 660 valence electrons. The van der Waals surface area contributed by atoms with Gasteiger partial charge in [-0.15, -0.1) is 0 Å². The van der Waals surface area contributed by atoms with E-state index < -0.39 is 103 Å². The van der Waals surface area contributed by atoms with Crippen molar-refractivity contribution in [2.24, 2.45) is 0 Å². The molecule has 4 aliphatic heterocycles. The van der Waals surface area contributed by atoms with E-state index in [1.54, 1.807) is 5.56 Å². The van der Waals surface area contributed by atoms with Gasteiger partial charge in [0.25, 0.3) is 6.71 Å². The number of aryl methyl sites for hydroxylation is 4. The second kappa shape index (κ2) is 43.0. The molecule has 8 aromatic carbocycles. The van der Waals surface area contributed by atoms with Gasteiger partial charge in [0.1, 0.15) is 0 Å². The summed E-state index contributed by atoms with van der Waals surface area (Å²) >= 11 is 46.9. The summed E-state index contributed by atoms with van der Waals surface area (Å²) < 4.78 is 5.18. The Morgan fingerprint density at radius 1 is 0.322 bits per heavy atom. The summed E-state index contributed by atoms with van der Waals surface area (Å²) in [5.41, 5.74) is 33.0. The molecule has 0 spiro atoms. The molecule has 0 radical (unpaired) electrons. The van der Waals surface area contributed by atoms with Crippen molar-refractivity contribution in [2.45, 2.75) is 241 Å². The predicted molar refractivity (Wildman–Crippen MR) is 785 cm³/mol. The van der Waals surface area contributed by atoms with Crippen LogP contribution in [-0.4, -0.2) is 26.9 Å². The van der Waals surface area contributed by atoms with E-state index in [4.69, 9.17) is 0 Å². The molecule has 0 amide bonds. The Morgan fingerprint density at radius 2 is 0.695 bits per heavy atom. The van der Waals surface area contributed by atoms with Crippen LogP contribution in [0.2, 0.25) is 0 Å². The molecule has 2 aliphatic carbocycles. The van der Waals surface area contributed by atoms with Gasteiger partial charge in [0, 0.05) is 72.0 Å². The van der Waals surface area contributed by atoms with Crippen molar-refractivity contribution in [3.63, 3.8) is 0 Å². The molecule has 4 unspecified atom stereocenters. The van der Waals surface area contributed by atoms with Crippen LogP contribution in [0.15, 0.2) is 127 Å². The van der Waals surface area contributed by atoms with Crippen LogP contribution in [0.1, 0.15) is 225 Å². The number of hydrogen-bond donors (Lipinski definition) is 0. The monoisotopic (exact) mass is 4740 g/mol. The summed E-state index contributed by atoms with van der Waals surface area (Å²) in [4.78, 5) is 5.58. The Kier molecular flexibility index (Phi) is 39.6. The average molecular weight is 4740 g/mol. The molecule has 4 nitrogen and oxygen atoms in total. The van der Waals surface area contributed by atoms with Crippen molar-refractivity contribution in [2.75, 3.05) is 9.80 Å². The first-order valence-corrected chi connectivity index (χ1v) is 208. The van der Waals surface area contributed by atoms with Crippen LogP contribution < -0.4 is 26.2 Å². The van der Waals surface area contributed by atoms with E-state index in [1.165, 1.54) is 196 Å². The molecule has 6 aliphatic rings. The van der Waals surface area contributed by atoms with E-state index in [0.717, 1.165) is 0 Å². The molecule has 10 aromatic rings. The molecule has 2 aromatic heterocycles. The average Bonchev–Trinajstić information content (AvgIpc) is 1.49. The van der Waals surface area contributed by atoms with Crippen LogP contribution in [0, 0.1) is 27.7 Å². The maximum atomic E-state index is 3.26. The van der Waals surface area contributed by atoms with Gasteiger partial charge in [0.2, 0.25) is 0 Å². The van der Waals surface area contributed by atoms with E-state index in [0.29, 0.717) is 0 Å². The Morgan fingerprint density at radius 3 is 1.15 bits per heavy atom. The van der Waals surface area contributed by atoms with Gasteiger partial charge in [0.05, 0.1) is 27.6 Å². The molecule has 16 rings (SSSR count). The summed E-state index contributed by atoms with van der Waals surface area (Å²) in [5.74, 6) is 0. The summed E-state index contributed by atoms with van der Waals surface area (Å²) in [6, 6.07) is 51.3. The van der Waals surface area contributed by atoms with Gasteiger partial charge < -0.3 is 18.9 Å². The van der Waals surface area contributed by atoms with E-state index in [1.807, 2.05) is 0 Å². The van der Waals surface area contributed by atoms with Crippen molar-refractivity contribution in [3.05, 3.63) is 183 Å². The van der Waals surface area contributed by atoms with Gasteiger partial charge in [-0.2, -0.15) is 0 Å². The molecule has 6 heterocycles. The third kappa shape index (κ3) is 21.2. The first-order valence-electron chi connectivity index (χ1n) is 38.0. The van der Waals surface area contributed by atoms with E-state index in [-0.39, 0.29) is 57.7 Å². The second-order valence-electron chi connectivity index (χ2n) is 36.2. The quantitative estimate of drug-likeness (QED) is 0.0797. The molecule has 33 heteroatoms. The zero-order chi connectivity index (χ0) is 85.5. The van der Waals surface area contributed by atoms with E-state index in [9.17, 15) is 0 Å². The van der Waals surface area contributed by atoms with Gasteiger partial charge in [-0.05, 0) is 229 Å². The molecule has 0 bridgehead atoms. The Labute approximate surface area is 899 Å². The number of halogens is 28. The zero-order valence-electron chi connectivity index (χ0n) is 68.2. The van der Waals surface area contributed by atoms with Crippen LogP contribution in [0.4, 0.5) is 22.7 Å². The number of hydrogen-bond acceptors (Lipinski definition) is 2. The van der Waals surface area contributed by atoms with Gasteiger partial charge in [-0.25, -0.2) is 0 Å². The fourth-order valence-corrected chi connectivity index (χ4v) is 4630. The molecule has 0 saturated heterocycles. The molecule has 2 saturated carbocycles. The first-order chi connectivity index (χ1) is 54.4. The van der Waals surface area contributed by atoms with Crippen LogP contribution in [0.5, 0.6) is 0 Å². The number of benzene rings is 8. The van der Waals surface area contributed by atoms with Crippen molar-refractivity contribution in [3.8, 4) is 11.4 Å². The van der Waals surface area contributed by atoms with E-state index >= 15 is 0 Å². The Bertz CT molecular complexity index is 5430. The topological polar surface area (TPSA) is 16.3 Å². The normalized spacial score (nSPS) is 21.4. The van der Waals surface area contributed by atoms with Crippen molar-refractivity contribution in [1.29, 1.82) is 0 Å². The number of rotatable bonds is 14. The number of fused-ring (bicyclic) bond motifs is 16. The van der Waals surface area contributed by atoms with Crippen molar-refractivity contribution >= 4 is 471 Å². The number of aromatic nitrogens is 2. The molecular weight excluding hydrogens is 4640 g/mol. The van der Waals surface area contributed by atoms with Crippen LogP contribution in [0.25, 0.3) is 55.0 Å². The summed E-state index contributed by atoms with van der Waals surface area (Å²) in [7, 11) is -5.91.